The van der Waals surface area contributed by atoms with E-state index in [0.717, 1.165) is 0 Å². The molecule has 0 spiro atoms. The number of hydrogen-bond donors (Lipinski definition) is 1. The molecule has 0 amide bonds. The lowest BCUT2D eigenvalue weighted by molar-refractivity contribution is -0.130. The summed E-state index contributed by atoms with van der Waals surface area (Å²) in [7, 11) is -6.00. The summed E-state index contributed by atoms with van der Waals surface area (Å²) in [6.45, 7) is 0. The molecular formula is C15H10BClF4N2O2. The molecule has 4 nitrogen and oxygen atoms in total. The molecule has 0 unspecified atom stereocenters. The molecule has 0 heterocycles. The number of diazo groups is 1. The van der Waals surface area contributed by atoms with Crippen molar-refractivity contribution in [1.29, 1.82) is 5.39 Å². The molecule has 0 saturated heterocycles. The summed E-state index contributed by atoms with van der Waals surface area (Å²) in [5.74, 6) is -1.07. The molecule has 0 saturated carbocycles. The second-order valence-electron chi connectivity index (χ2n) is 4.52. The first-order valence-corrected chi connectivity index (χ1v) is 7.02. The van der Waals surface area contributed by atoms with Gasteiger partial charge in [0.25, 0.3) is 0 Å². The Morgan fingerprint density at radius 2 is 1.60 bits per heavy atom. The molecule has 0 aliphatic heterocycles. The number of rotatable bonds is 3. The van der Waals surface area contributed by atoms with Crippen molar-refractivity contribution in [2.45, 2.75) is 0 Å². The maximum Gasteiger partial charge on any atom is 0.673 e. The van der Waals surface area contributed by atoms with Crippen molar-refractivity contribution in [3.8, 4) is 0 Å². The van der Waals surface area contributed by atoms with Crippen molar-refractivity contribution in [2.75, 3.05) is 0 Å². The number of aliphatic carboxylic acids is 1. The van der Waals surface area contributed by atoms with E-state index in [9.17, 15) is 27.2 Å². The van der Waals surface area contributed by atoms with Crippen LogP contribution in [-0.2, 0) is 4.79 Å². The Hall–Kier alpha value is -2.86. The van der Waals surface area contributed by atoms with Crippen molar-refractivity contribution in [3.63, 3.8) is 0 Å². The van der Waals surface area contributed by atoms with Gasteiger partial charge in [0.05, 0.1) is 11.1 Å². The first kappa shape index (κ1) is 20.2. The zero-order chi connectivity index (χ0) is 19.0. The average molecular weight is 373 g/mol. The third-order valence-electron chi connectivity index (χ3n) is 2.73. The summed E-state index contributed by atoms with van der Waals surface area (Å²) >= 11 is 5.79. The predicted octanol–water partition coefficient (Wildman–Crippen LogP) is 5.75. The van der Waals surface area contributed by atoms with Gasteiger partial charge >= 0.3 is 18.9 Å². The fraction of sp³-hybridized carbons (Fsp3) is 0. The van der Waals surface area contributed by atoms with Crippen LogP contribution in [0, 0.1) is 5.39 Å². The second-order valence-corrected chi connectivity index (χ2v) is 4.96. The van der Waals surface area contributed by atoms with Gasteiger partial charge < -0.3 is 22.4 Å². The lowest BCUT2D eigenvalue weighted by Gasteiger charge is -2.02. The summed E-state index contributed by atoms with van der Waals surface area (Å²) < 4.78 is 39.0. The Balaban J connectivity index is 0.000000550. The van der Waals surface area contributed by atoms with E-state index < -0.39 is 13.2 Å². The highest BCUT2D eigenvalue weighted by Gasteiger charge is 2.20. The Morgan fingerprint density at radius 1 is 1.08 bits per heavy atom. The van der Waals surface area contributed by atoms with Crippen LogP contribution in [-0.4, -0.2) is 18.3 Å². The minimum Gasteiger partial charge on any atom is -0.478 e. The fourth-order valence-corrected chi connectivity index (χ4v) is 1.88. The summed E-state index contributed by atoms with van der Waals surface area (Å²) in [4.78, 5) is 14.5. The standard InChI is InChI=1S/C15H9ClN2O2.BF4/c16-12-7-5-10(6-8-12)13(15(19)20)9-11-3-1-2-4-14(11)18-17;2-1(3,4)5/h1-9H;/q;-1/p+1/b13-9+;. The monoisotopic (exact) mass is 372 g/mol. The first-order chi connectivity index (χ1) is 11.6. The molecule has 0 aliphatic rings. The smallest absolute Gasteiger partial charge is 0.478 e. The van der Waals surface area contributed by atoms with Crippen LogP contribution in [0.15, 0.2) is 48.5 Å². The van der Waals surface area contributed by atoms with Crippen molar-refractivity contribution in [3.05, 3.63) is 69.7 Å². The lowest BCUT2D eigenvalue weighted by atomic mass is 10.0. The minimum absolute atomic E-state index is 0.0952. The number of halogens is 5. The molecule has 130 valence electrons. The van der Waals surface area contributed by atoms with Gasteiger partial charge in [0, 0.05) is 11.1 Å². The summed E-state index contributed by atoms with van der Waals surface area (Å²) in [6.07, 6.45) is 1.46. The average Bonchev–Trinajstić information content (AvgIpc) is 2.52. The number of hydrogen-bond acceptors (Lipinski definition) is 2. The SMILES string of the molecule is F[B-](F)(F)F.N#[N+]c1ccccc1/C=C(/C(=O)O)c1ccc(Cl)cc1. The minimum atomic E-state index is -6.00. The number of carbonyl (C=O) groups is 1. The van der Waals surface area contributed by atoms with Crippen LogP contribution >= 0.6 is 11.6 Å². The van der Waals surface area contributed by atoms with E-state index >= 15 is 0 Å². The molecule has 10 heteroatoms. The molecule has 0 aliphatic carbocycles. The van der Waals surface area contributed by atoms with Crippen molar-refractivity contribution < 1.29 is 27.2 Å². The van der Waals surface area contributed by atoms with E-state index in [0.29, 0.717) is 21.8 Å². The van der Waals surface area contributed by atoms with Gasteiger partial charge in [-0.15, -0.1) is 0 Å². The van der Waals surface area contributed by atoms with E-state index in [1.165, 1.54) is 6.08 Å². The Bertz CT molecular complexity index is 812. The van der Waals surface area contributed by atoms with E-state index in [-0.39, 0.29) is 5.57 Å². The van der Waals surface area contributed by atoms with Crippen LogP contribution in [0.1, 0.15) is 11.1 Å². The molecule has 0 aromatic heterocycles. The maximum atomic E-state index is 11.4. The molecule has 0 fully saturated rings. The maximum absolute atomic E-state index is 11.4. The van der Waals surface area contributed by atoms with Gasteiger partial charge in [0.1, 0.15) is 0 Å². The molecule has 0 radical (unpaired) electrons. The summed E-state index contributed by atoms with van der Waals surface area (Å²) in [6, 6.07) is 13.2. The van der Waals surface area contributed by atoms with Crippen LogP contribution in [0.2, 0.25) is 5.02 Å². The molecule has 25 heavy (non-hydrogen) atoms. The Labute approximate surface area is 145 Å². The molecule has 2 aromatic rings. The van der Waals surface area contributed by atoms with Crippen LogP contribution < -0.4 is 0 Å². The first-order valence-electron chi connectivity index (χ1n) is 6.64. The van der Waals surface area contributed by atoms with Gasteiger partial charge in [0.2, 0.25) is 5.39 Å². The van der Waals surface area contributed by atoms with Gasteiger partial charge in [-0.1, -0.05) is 35.9 Å². The van der Waals surface area contributed by atoms with Gasteiger partial charge in [0.15, 0.2) is 4.98 Å². The van der Waals surface area contributed by atoms with Crippen LogP contribution in [0.5, 0.6) is 0 Å². The second kappa shape index (κ2) is 8.85. The zero-order valence-corrected chi connectivity index (χ0v) is 13.2. The molecular weight excluding hydrogens is 362 g/mol. The number of carboxylic acid groups (broad SMARTS) is 1. The zero-order valence-electron chi connectivity index (χ0n) is 12.4. The highest BCUT2D eigenvalue weighted by atomic mass is 35.5. The normalized spacial score (nSPS) is 11.1. The summed E-state index contributed by atoms with van der Waals surface area (Å²) in [5, 5.41) is 18.8. The van der Waals surface area contributed by atoms with Gasteiger partial charge in [-0.2, -0.15) is 0 Å². The number of nitrogens with zero attached hydrogens (tertiary/aromatic N) is 2. The lowest BCUT2D eigenvalue weighted by Crippen LogP contribution is -2.02. The van der Waals surface area contributed by atoms with E-state index in [1.807, 2.05) is 0 Å². The van der Waals surface area contributed by atoms with Crippen molar-refractivity contribution >= 4 is 42.2 Å². The third-order valence-corrected chi connectivity index (χ3v) is 2.98. The number of benzene rings is 2. The summed E-state index contributed by atoms with van der Waals surface area (Å²) in [5.41, 5.74) is 1.44. The quantitative estimate of drug-likeness (QED) is 0.245. The molecule has 2 rings (SSSR count). The van der Waals surface area contributed by atoms with Gasteiger partial charge in [-0.3, -0.25) is 0 Å². The Kier molecular flexibility index (Phi) is 7.14. The largest absolute Gasteiger partial charge is 0.673 e. The van der Waals surface area contributed by atoms with E-state index in [2.05, 4.69) is 4.98 Å². The molecule has 1 N–H and O–H groups in total. The number of carboxylic acids is 1. The molecule has 0 atom stereocenters. The topological polar surface area (TPSA) is 65.5 Å². The van der Waals surface area contributed by atoms with Crippen LogP contribution in [0.3, 0.4) is 0 Å². The Morgan fingerprint density at radius 3 is 2.08 bits per heavy atom. The van der Waals surface area contributed by atoms with Gasteiger partial charge in [-0.05, 0) is 29.8 Å². The van der Waals surface area contributed by atoms with Crippen LogP contribution in [0.4, 0.5) is 23.0 Å². The predicted molar refractivity (Wildman–Crippen MR) is 88.3 cm³/mol. The van der Waals surface area contributed by atoms with Gasteiger partial charge in [-0.25, -0.2) is 4.79 Å². The van der Waals surface area contributed by atoms with E-state index in [4.69, 9.17) is 17.0 Å². The molecule has 2 aromatic carbocycles. The fourth-order valence-electron chi connectivity index (χ4n) is 1.75. The highest BCUT2D eigenvalue weighted by Crippen LogP contribution is 2.26. The van der Waals surface area contributed by atoms with Crippen molar-refractivity contribution in [2.24, 2.45) is 0 Å². The molecule has 0 bridgehead atoms. The van der Waals surface area contributed by atoms with E-state index in [1.54, 1.807) is 48.5 Å². The van der Waals surface area contributed by atoms with Crippen molar-refractivity contribution in [1.82, 2.24) is 0 Å². The highest BCUT2D eigenvalue weighted by molar-refractivity contribution is 6.50. The van der Waals surface area contributed by atoms with Crippen LogP contribution in [0.25, 0.3) is 16.6 Å². The third kappa shape index (κ3) is 7.50.